The molecule has 0 radical (unpaired) electrons. The summed E-state index contributed by atoms with van der Waals surface area (Å²) < 4.78 is 5.58. The quantitative estimate of drug-likeness (QED) is 0.774. The van der Waals surface area contributed by atoms with Crippen molar-refractivity contribution in [2.45, 2.75) is 19.9 Å². The molecular weight excluding hydrogens is 238 g/mol. The number of oxazole rings is 1. The van der Waals surface area contributed by atoms with Gasteiger partial charge in [0.15, 0.2) is 11.5 Å². The Morgan fingerprint density at radius 3 is 2.95 bits per heavy atom. The van der Waals surface area contributed by atoms with E-state index in [9.17, 15) is 0 Å². The summed E-state index contributed by atoms with van der Waals surface area (Å²) in [6, 6.07) is 11.8. The van der Waals surface area contributed by atoms with Crippen LogP contribution >= 0.6 is 0 Å². The Morgan fingerprint density at radius 2 is 2.16 bits per heavy atom. The van der Waals surface area contributed by atoms with Crippen molar-refractivity contribution in [3.05, 3.63) is 54.2 Å². The van der Waals surface area contributed by atoms with Gasteiger partial charge in [-0.3, -0.25) is 4.98 Å². The standard InChI is InChI=1S/C15H15N3O/c1-2-15-18-13-9-11(6-7-14(13)19-15)17-10-12-5-3-4-8-16-12/h3-9,17H,2,10H2,1H3. The largest absolute Gasteiger partial charge is 0.441 e. The molecule has 0 saturated heterocycles. The zero-order chi connectivity index (χ0) is 13.1. The molecule has 2 aromatic heterocycles. The average Bonchev–Trinajstić information content (AvgIpc) is 2.88. The number of aromatic nitrogens is 2. The van der Waals surface area contributed by atoms with Crippen LogP contribution in [-0.4, -0.2) is 9.97 Å². The van der Waals surface area contributed by atoms with Crippen LogP contribution in [0.15, 0.2) is 47.0 Å². The molecule has 3 aromatic rings. The summed E-state index contributed by atoms with van der Waals surface area (Å²) in [6.45, 7) is 2.73. The molecule has 3 rings (SSSR count). The predicted molar refractivity (Wildman–Crippen MR) is 75.0 cm³/mol. The van der Waals surface area contributed by atoms with Gasteiger partial charge in [-0.15, -0.1) is 0 Å². The summed E-state index contributed by atoms with van der Waals surface area (Å²) in [5.41, 5.74) is 3.76. The first-order valence-corrected chi connectivity index (χ1v) is 6.38. The molecule has 96 valence electrons. The van der Waals surface area contributed by atoms with Gasteiger partial charge in [0, 0.05) is 18.3 Å². The number of aryl methyl sites for hydroxylation is 1. The molecule has 0 bridgehead atoms. The summed E-state index contributed by atoms with van der Waals surface area (Å²) >= 11 is 0. The molecule has 1 N–H and O–H groups in total. The van der Waals surface area contributed by atoms with E-state index in [0.29, 0.717) is 6.54 Å². The van der Waals surface area contributed by atoms with Crippen LogP contribution in [0.25, 0.3) is 11.1 Å². The molecule has 2 heterocycles. The van der Waals surface area contributed by atoms with E-state index in [1.807, 2.05) is 43.3 Å². The molecule has 1 aromatic carbocycles. The summed E-state index contributed by atoms with van der Waals surface area (Å²) in [7, 11) is 0. The zero-order valence-electron chi connectivity index (χ0n) is 10.8. The van der Waals surface area contributed by atoms with Crippen molar-refractivity contribution >= 4 is 16.8 Å². The molecule has 19 heavy (non-hydrogen) atoms. The molecule has 0 saturated carbocycles. The molecule has 0 aliphatic heterocycles. The number of hydrogen-bond acceptors (Lipinski definition) is 4. The lowest BCUT2D eigenvalue weighted by molar-refractivity contribution is 0.538. The molecule has 0 amide bonds. The topological polar surface area (TPSA) is 51.0 Å². The Hall–Kier alpha value is -2.36. The second-order valence-electron chi connectivity index (χ2n) is 4.32. The molecule has 0 atom stereocenters. The van der Waals surface area contributed by atoms with E-state index in [4.69, 9.17) is 4.42 Å². The van der Waals surface area contributed by atoms with E-state index in [0.717, 1.165) is 34.8 Å². The third-order valence-corrected chi connectivity index (χ3v) is 2.93. The van der Waals surface area contributed by atoms with Gasteiger partial charge >= 0.3 is 0 Å². The van der Waals surface area contributed by atoms with Crippen LogP contribution in [-0.2, 0) is 13.0 Å². The van der Waals surface area contributed by atoms with Crippen LogP contribution in [0.1, 0.15) is 18.5 Å². The maximum atomic E-state index is 5.58. The van der Waals surface area contributed by atoms with Gasteiger partial charge in [0.1, 0.15) is 5.52 Å². The summed E-state index contributed by atoms with van der Waals surface area (Å²) in [6.07, 6.45) is 2.61. The first kappa shape index (κ1) is 11.7. The Morgan fingerprint density at radius 1 is 1.21 bits per heavy atom. The third kappa shape index (κ3) is 2.57. The van der Waals surface area contributed by atoms with Crippen LogP contribution in [0.3, 0.4) is 0 Å². The van der Waals surface area contributed by atoms with Crippen LogP contribution in [0, 0.1) is 0 Å². The molecule has 0 unspecified atom stereocenters. The number of pyridine rings is 1. The van der Waals surface area contributed by atoms with Crippen molar-refractivity contribution < 1.29 is 4.42 Å². The van der Waals surface area contributed by atoms with Crippen LogP contribution in [0.4, 0.5) is 5.69 Å². The molecule has 4 nitrogen and oxygen atoms in total. The van der Waals surface area contributed by atoms with Crippen molar-refractivity contribution in [1.82, 2.24) is 9.97 Å². The van der Waals surface area contributed by atoms with Crippen molar-refractivity contribution in [2.24, 2.45) is 0 Å². The van der Waals surface area contributed by atoms with Gasteiger partial charge in [-0.05, 0) is 30.3 Å². The lowest BCUT2D eigenvalue weighted by Crippen LogP contribution is -2.00. The van der Waals surface area contributed by atoms with Gasteiger partial charge in [0.25, 0.3) is 0 Å². The van der Waals surface area contributed by atoms with Gasteiger partial charge in [0.2, 0.25) is 0 Å². The van der Waals surface area contributed by atoms with Crippen molar-refractivity contribution in [1.29, 1.82) is 0 Å². The van der Waals surface area contributed by atoms with E-state index in [1.54, 1.807) is 6.20 Å². The first-order valence-electron chi connectivity index (χ1n) is 6.38. The van der Waals surface area contributed by atoms with Gasteiger partial charge in [-0.2, -0.15) is 0 Å². The average molecular weight is 253 g/mol. The summed E-state index contributed by atoms with van der Waals surface area (Å²) in [4.78, 5) is 8.70. The minimum absolute atomic E-state index is 0.699. The maximum Gasteiger partial charge on any atom is 0.195 e. The summed E-state index contributed by atoms with van der Waals surface area (Å²) in [5.74, 6) is 0.775. The molecule has 0 aliphatic rings. The minimum Gasteiger partial charge on any atom is -0.441 e. The highest BCUT2D eigenvalue weighted by atomic mass is 16.3. The van der Waals surface area contributed by atoms with Gasteiger partial charge in [-0.1, -0.05) is 13.0 Å². The fourth-order valence-corrected chi connectivity index (χ4v) is 1.93. The number of benzene rings is 1. The number of nitrogens with one attached hydrogen (secondary N) is 1. The first-order chi connectivity index (χ1) is 9.35. The van der Waals surface area contributed by atoms with Crippen molar-refractivity contribution in [3.63, 3.8) is 0 Å². The van der Waals surface area contributed by atoms with Crippen LogP contribution < -0.4 is 5.32 Å². The molecular formula is C15H15N3O. The Labute approximate surface area is 111 Å². The highest BCUT2D eigenvalue weighted by Gasteiger charge is 2.04. The minimum atomic E-state index is 0.699. The number of nitrogens with zero attached hydrogens (tertiary/aromatic N) is 2. The van der Waals surface area contributed by atoms with E-state index in [1.165, 1.54) is 0 Å². The Bertz CT molecular complexity index is 676. The molecule has 0 aliphatic carbocycles. The number of rotatable bonds is 4. The molecule has 0 spiro atoms. The Kier molecular flexibility index (Phi) is 3.14. The van der Waals surface area contributed by atoms with E-state index < -0.39 is 0 Å². The number of fused-ring (bicyclic) bond motifs is 1. The van der Waals surface area contributed by atoms with Crippen LogP contribution in [0.5, 0.6) is 0 Å². The monoisotopic (exact) mass is 253 g/mol. The van der Waals surface area contributed by atoms with Gasteiger partial charge in [0.05, 0.1) is 12.2 Å². The highest BCUT2D eigenvalue weighted by molar-refractivity contribution is 5.77. The number of anilines is 1. The third-order valence-electron chi connectivity index (χ3n) is 2.93. The van der Waals surface area contributed by atoms with E-state index >= 15 is 0 Å². The lowest BCUT2D eigenvalue weighted by atomic mass is 10.2. The maximum absolute atomic E-state index is 5.58. The second kappa shape index (κ2) is 5.10. The normalized spacial score (nSPS) is 10.8. The molecule has 0 fully saturated rings. The fraction of sp³-hybridized carbons (Fsp3) is 0.200. The lowest BCUT2D eigenvalue weighted by Gasteiger charge is -2.05. The highest BCUT2D eigenvalue weighted by Crippen LogP contribution is 2.20. The molecule has 4 heteroatoms. The van der Waals surface area contributed by atoms with Crippen molar-refractivity contribution in [2.75, 3.05) is 5.32 Å². The van der Waals surface area contributed by atoms with E-state index in [-0.39, 0.29) is 0 Å². The van der Waals surface area contributed by atoms with E-state index in [2.05, 4.69) is 15.3 Å². The SMILES string of the molecule is CCc1nc2cc(NCc3ccccn3)ccc2o1. The van der Waals surface area contributed by atoms with Gasteiger partial charge < -0.3 is 9.73 Å². The zero-order valence-corrected chi connectivity index (χ0v) is 10.8. The fourth-order valence-electron chi connectivity index (χ4n) is 1.93. The Balaban J connectivity index is 1.78. The second-order valence-corrected chi connectivity index (χ2v) is 4.32. The smallest absolute Gasteiger partial charge is 0.195 e. The van der Waals surface area contributed by atoms with Crippen molar-refractivity contribution in [3.8, 4) is 0 Å². The van der Waals surface area contributed by atoms with Crippen LogP contribution in [0.2, 0.25) is 0 Å². The van der Waals surface area contributed by atoms with Gasteiger partial charge in [-0.25, -0.2) is 4.98 Å². The number of hydrogen-bond donors (Lipinski definition) is 1. The summed E-state index contributed by atoms with van der Waals surface area (Å²) in [5, 5.41) is 3.34. The predicted octanol–water partition coefficient (Wildman–Crippen LogP) is 3.40.